The minimum atomic E-state index is -1.17. The molecule has 0 bridgehead atoms. The lowest BCUT2D eigenvalue weighted by Gasteiger charge is -2.25. The summed E-state index contributed by atoms with van der Waals surface area (Å²) >= 11 is 0. The molecule has 0 aliphatic carbocycles. The van der Waals surface area contributed by atoms with Crippen LogP contribution in [0.1, 0.15) is 28.4 Å². The van der Waals surface area contributed by atoms with E-state index in [1.54, 1.807) is 31.2 Å². The van der Waals surface area contributed by atoms with E-state index < -0.39 is 29.2 Å². The molecule has 0 saturated heterocycles. The molecule has 1 amide bonds. The molecule has 0 saturated carbocycles. The standard InChI is InChI=1S/C25H21F2N3O3/c1-15-7-12-20(27)22-21(15)24(31)29-23(28-22)19(17-8-10-18(26)11-9-17)14-30(25(32)33)13-16-5-3-2-4-6-16/h2-12,19H,13-14H2,1H3,(H,32,33)(H,28,29,31)/t19-/m0/s1. The SMILES string of the molecule is Cc1ccc(F)c2nc([C@@H](CN(Cc3ccccc3)C(=O)O)c3ccc(F)cc3)[nH]c(=O)c12. The second-order valence-corrected chi connectivity index (χ2v) is 7.79. The number of halogens is 2. The Labute approximate surface area is 188 Å². The van der Waals surface area contributed by atoms with Crippen LogP contribution in [0, 0.1) is 18.6 Å². The number of aromatic amines is 1. The second-order valence-electron chi connectivity index (χ2n) is 7.79. The third-order valence-electron chi connectivity index (χ3n) is 5.53. The lowest BCUT2D eigenvalue weighted by Crippen LogP contribution is -2.34. The van der Waals surface area contributed by atoms with E-state index in [9.17, 15) is 23.5 Å². The van der Waals surface area contributed by atoms with E-state index in [1.807, 2.05) is 6.07 Å². The summed E-state index contributed by atoms with van der Waals surface area (Å²) in [6.07, 6.45) is -1.17. The van der Waals surface area contributed by atoms with E-state index >= 15 is 0 Å². The predicted octanol–water partition coefficient (Wildman–Crippen LogP) is 4.82. The highest BCUT2D eigenvalue weighted by molar-refractivity contribution is 5.81. The number of carboxylic acid groups (broad SMARTS) is 1. The molecule has 1 aromatic heterocycles. The zero-order chi connectivity index (χ0) is 23.5. The maximum atomic E-state index is 14.6. The third-order valence-corrected chi connectivity index (χ3v) is 5.53. The number of benzene rings is 3. The molecule has 0 aliphatic heterocycles. The van der Waals surface area contributed by atoms with Gasteiger partial charge in [0.25, 0.3) is 5.56 Å². The van der Waals surface area contributed by atoms with Crippen LogP contribution in [-0.4, -0.2) is 32.6 Å². The van der Waals surface area contributed by atoms with Crippen LogP contribution in [0.4, 0.5) is 13.6 Å². The highest BCUT2D eigenvalue weighted by Crippen LogP contribution is 2.26. The van der Waals surface area contributed by atoms with Gasteiger partial charge in [0.1, 0.15) is 23.0 Å². The average molecular weight is 449 g/mol. The Hall–Kier alpha value is -4.07. The molecule has 1 heterocycles. The van der Waals surface area contributed by atoms with Crippen LogP contribution in [0.3, 0.4) is 0 Å². The van der Waals surface area contributed by atoms with Crippen molar-refractivity contribution in [2.45, 2.75) is 19.4 Å². The number of rotatable bonds is 6. The van der Waals surface area contributed by atoms with Crippen LogP contribution in [0.15, 0.2) is 71.5 Å². The minimum absolute atomic E-state index is 0.0856. The molecule has 1 atom stereocenters. The summed E-state index contributed by atoms with van der Waals surface area (Å²) in [6, 6.07) is 17.3. The number of carbonyl (C=O) groups is 1. The molecular weight excluding hydrogens is 428 g/mol. The Morgan fingerprint density at radius 2 is 1.76 bits per heavy atom. The molecule has 0 unspecified atom stereocenters. The van der Waals surface area contributed by atoms with E-state index in [0.29, 0.717) is 11.1 Å². The monoisotopic (exact) mass is 449 g/mol. The maximum absolute atomic E-state index is 14.6. The van der Waals surface area contributed by atoms with Gasteiger partial charge in [-0.25, -0.2) is 18.6 Å². The minimum Gasteiger partial charge on any atom is -0.465 e. The number of nitrogens with zero attached hydrogens (tertiary/aromatic N) is 2. The van der Waals surface area contributed by atoms with E-state index in [-0.39, 0.29) is 29.8 Å². The van der Waals surface area contributed by atoms with Gasteiger partial charge >= 0.3 is 6.09 Å². The molecule has 33 heavy (non-hydrogen) atoms. The van der Waals surface area contributed by atoms with Crippen LogP contribution in [0.2, 0.25) is 0 Å². The number of H-pyrrole nitrogens is 1. The zero-order valence-electron chi connectivity index (χ0n) is 17.8. The average Bonchev–Trinajstić information content (AvgIpc) is 2.80. The quantitative estimate of drug-likeness (QED) is 0.442. The summed E-state index contributed by atoms with van der Waals surface area (Å²) in [6.45, 7) is 1.69. The summed E-state index contributed by atoms with van der Waals surface area (Å²) in [5, 5.41) is 9.98. The molecule has 0 fully saturated rings. The van der Waals surface area contributed by atoms with Gasteiger partial charge in [-0.2, -0.15) is 0 Å². The number of aryl methyl sites for hydroxylation is 1. The van der Waals surface area contributed by atoms with Crippen LogP contribution in [0.25, 0.3) is 10.9 Å². The van der Waals surface area contributed by atoms with Gasteiger partial charge in [0, 0.05) is 13.1 Å². The van der Waals surface area contributed by atoms with Crippen molar-refractivity contribution in [3.05, 3.63) is 111 Å². The number of amides is 1. The normalized spacial score (nSPS) is 12.0. The molecule has 0 spiro atoms. The maximum Gasteiger partial charge on any atom is 0.407 e. The van der Waals surface area contributed by atoms with E-state index in [1.165, 1.54) is 41.3 Å². The Morgan fingerprint density at radius 1 is 1.06 bits per heavy atom. The van der Waals surface area contributed by atoms with Crippen molar-refractivity contribution in [1.29, 1.82) is 0 Å². The molecule has 8 heteroatoms. The van der Waals surface area contributed by atoms with Gasteiger partial charge < -0.3 is 15.0 Å². The predicted molar refractivity (Wildman–Crippen MR) is 120 cm³/mol. The first-order valence-electron chi connectivity index (χ1n) is 10.3. The number of fused-ring (bicyclic) bond motifs is 1. The van der Waals surface area contributed by atoms with Crippen molar-refractivity contribution in [2.24, 2.45) is 0 Å². The summed E-state index contributed by atoms with van der Waals surface area (Å²) in [4.78, 5) is 33.1. The van der Waals surface area contributed by atoms with Crippen molar-refractivity contribution >= 4 is 17.0 Å². The van der Waals surface area contributed by atoms with Crippen LogP contribution < -0.4 is 5.56 Å². The summed E-state index contributed by atoms with van der Waals surface area (Å²) in [5.41, 5.74) is 1.27. The molecule has 6 nitrogen and oxygen atoms in total. The zero-order valence-corrected chi connectivity index (χ0v) is 17.8. The topological polar surface area (TPSA) is 86.3 Å². The Bertz CT molecular complexity index is 1360. The van der Waals surface area contributed by atoms with E-state index in [2.05, 4.69) is 9.97 Å². The molecule has 0 radical (unpaired) electrons. The van der Waals surface area contributed by atoms with Gasteiger partial charge in [0.05, 0.1) is 11.3 Å². The fourth-order valence-electron chi connectivity index (χ4n) is 3.83. The number of hydrogen-bond donors (Lipinski definition) is 2. The summed E-state index contributed by atoms with van der Waals surface area (Å²) in [7, 11) is 0. The van der Waals surface area contributed by atoms with Gasteiger partial charge in [0.2, 0.25) is 0 Å². The molecule has 3 aromatic carbocycles. The first kappa shape index (κ1) is 22.1. The number of aromatic nitrogens is 2. The van der Waals surface area contributed by atoms with Gasteiger partial charge in [-0.1, -0.05) is 48.5 Å². The third kappa shape index (κ3) is 4.74. The van der Waals surface area contributed by atoms with Crippen molar-refractivity contribution in [3.8, 4) is 0 Å². The van der Waals surface area contributed by atoms with Crippen molar-refractivity contribution in [1.82, 2.24) is 14.9 Å². The number of hydrogen-bond acceptors (Lipinski definition) is 3. The molecule has 4 aromatic rings. The van der Waals surface area contributed by atoms with Gasteiger partial charge in [0.15, 0.2) is 0 Å². The van der Waals surface area contributed by atoms with Gasteiger partial charge in [-0.05, 0) is 41.8 Å². The van der Waals surface area contributed by atoms with Crippen molar-refractivity contribution in [3.63, 3.8) is 0 Å². The summed E-state index contributed by atoms with van der Waals surface area (Å²) < 4.78 is 28.1. The lowest BCUT2D eigenvalue weighted by atomic mass is 9.96. The largest absolute Gasteiger partial charge is 0.465 e. The van der Waals surface area contributed by atoms with E-state index in [4.69, 9.17) is 0 Å². The molecular formula is C25H21F2N3O3. The first-order chi connectivity index (χ1) is 15.8. The molecule has 0 aliphatic rings. The van der Waals surface area contributed by atoms with Gasteiger partial charge in [-0.3, -0.25) is 4.79 Å². The fourth-order valence-corrected chi connectivity index (χ4v) is 3.83. The molecule has 168 valence electrons. The Morgan fingerprint density at radius 3 is 2.42 bits per heavy atom. The van der Waals surface area contributed by atoms with Crippen molar-refractivity contribution < 1.29 is 18.7 Å². The fraction of sp³-hybridized carbons (Fsp3) is 0.160. The highest BCUT2D eigenvalue weighted by Gasteiger charge is 2.25. The van der Waals surface area contributed by atoms with Crippen LogP contribution >= 0.6 is 0 Å². The smallest absolute Gasteiger partial charge is 0.407 e. The lowest BCUT2D eigenvalue weighted by molar-refractivity contribution is 0.140. The van der Waals surface area contributed by atoms with Crippen LogP contribution in [-0.2, 0) is 6.54 Å². The highest BCUT2D eigenvalue weighted by atomic mass is 19.1. The van der Waals surface area contributed by atoms with E-state index in [0.717, 1.165) is 5.56 Å². The Balaban J connectivity index is 1.82. The molecule has 4 rings (SSSR count). The molecule has 2 N–H and O–H groups in total. The van der Waals surface area contributed by atoms with Gasteiger partial charge in [-0.15, -0.1) is 0 Å². The Kier molecular flexibility index (Phi) is 6.17. The van der Waals surface area contributed by atoms with Crippen LogP contribution in [0.5, 0.6) is 0 Å². The number of nitrogens with one attached hydrogen (secondary N) is 1. The summed E-state index contributed by atoms with van der Waals surface area (Å²) in [5.74, 6) is -1.77. The second kappa shape index (κ2) is 9.20. The first-order valence-corrected chi connectivity index (χ1v) is 10.3. The van der Waals surface area contributed by atoms with Crippen molar-refractivity contribution in [2.75, 3.05) is 6.54 Å².